The molecule has 0 bridgehead atoms. The van der Waals surface area contributed by atoms with Gasteiger partial charge in [0.15, 0.2) is 5.13 Å². The minimum Gasteiger partial charge on any atom is -0.375 e. The fraction of sp³-hybridized carbons (Fsp3) is 0.111. The van der Waals surface area contributed by atoms with Gasteiger partial charge in [0.05, 0.1) is 16.5 Å². The van der Waals surface area contributed by atoms with Crippen molar-refractivity contribution in [3.8, 4) is 17.5 Å². The maximum absolute atomic E-state index is 11.3. The normalized spacial score (nSPS) is 12.0. The largest absolute Gasteiger partial charge is 0.375 e. The summed E-state index contributed by atoms with van der Waals surface area (Å²) >= 11 is 1.09. The molecule has 0 saturated heterocycles. The highest BCUT2D eigenvalue weighted by atomic mass is 32.2. The molecule has 2 aromatic rings. The Morgan fingerprint density at radius 3 is 2.94 bits per heavy atom. The van der Waals surface area contributed by atoms with Gasteiger partial charge in [-0.3, -0.25) is 4.21 Å². The second-order valence-electron chi connectivity index (χ2n) is 3.02. The van der Waals surface area contributed by atoms with Gasteiger partial charge in [-0.15, -0.1) is 0 Å². The Morgan fingerprint density at radius 1 is 1.53 bits per heavy atom. The summed E-state index contributed by atoms with van der Waals surface area (Å²) in [5.41, 5.74) is 6.40. The average Bonchev–Trinajstić information content (AvgIpc) is 2.70. The molecular weight excluding hydrogens is 258 g/mol. The predicted octanol–water partition coefficient (Wildman–Crippen LogP) is 0.791. The van der Waals surface area contributed by atoms with Crippen molar-refractivity contribution in [2.24, 2.45) is 0 Å². The molecule has 0 aliphatic rings. The Bertz CT molecular complexity index is 631. The molecule has 0 saturated carbocycles. The van der Waals surface area contributed by atoms with Crippen LogP contribution in [0.4, 0.5) is 5.13 Å². The van der Waals surface area contributed by atoms with Crippen LogP contribution < -0.4 is 5.73 Å². The number of hydrogen-bond donors (Lipinski definition) is 1. The van der Waals surface area contributed by atoms with Gasteiger partial charge in [0.2, 0.25) is 5.16 Å². The SMILES string of the molecule is CS(=O)c1nccc(-c2nc(N)sc2C#N)n1. The van der Waals surface area contributed by atoms with E-state index in [9.17, 15) is 4.21 Å². The van der Waals surface area contributed by atoms with E-state index >= 15 is 0 Å². The van der Waals surface area contributed by atoms with Gasteiger partial charge in [-0.05, 0) is 6.07 Å². The smallest absolute Gasteiger partial charge is 0.218 e. The maximum atomic E-state index is 11.3. The van der Waals surface area contributed by atoms with E-state index in [2.05, 4.69) is 15.0 Å². The summed E-state index contributed by atoms with van der Waals surface area (Å²) in [6, 6.07) is 3.61. The lowest BCUT2D eigenvalue weighted by Crippen LogP contribution is -1.98. The number of nitrogens with two attached hydrogens (primary N) is 1. The first-order valence-electron chi connectivity index (χ1n) is 4.45. The van der Waals surface area contributed by atoms with Gasteiger partial charge in [0.1, 0.15) is 16.6 Å². The lowest BCUT2D eigenvalue weighted by molar-refractivity contribution is 0.680. The van der Waals surface area contributed by atoms with Crippen molar-refractivity contribution in [1.29, 1.82) is 5.26 Å². The van der Waals surface area contributed by atoms with E-state index in [1.54, 1.807) is 6.07 Å². The van der Waals surface area contributed by atoms with Crippen LogP contribution in [-0.2, 0) is 10.8 Å². The van der Waals surface area contributed by atoms with E-state index in [1.807, 2.05) is 6.07 Å². The van der Waals surface area contributed by atoms with Crippen molar-refractivity contribution in [3.05, 3.63) is 17.1 Å². The van der Waals surface area contributed by atoms with Crippen LogP contribution in [0, 0.1) is 11.3 Å². The summed E-state index contributed by atoms with van der Waals surface area (Å²) in [5.74, 6) is 0. The summed E-state index contributed by atoms with van der Waals surface area (Å²) < 4.78 is 11.3. The molecule has 0 aliphatic heterocycles. The molecule has 0 aromatic carbocycles. The molecule has 0 radical (unpaired) electrons. The van der Waals surface area contributed by atoms with E-state index < -0.39 is 10.8 Å². The maximum Gasteiger partial charge on any atom is 0.218 e. The van der Waals surface area contributed by atoms with Crippen LogP contribution in [0.15, 0.2) is 17.4 Å². The van der Waals surface area contributed by atoms with Gasteiger partial charge in [-0.25, -0.2) is 15.0 Å². The third kappa shape index (κ3) is 2.30. The number of anilines is 1. The molecule has 2 heterocycles. The fourth-order valence-electron chi connectivity index (χ4n) is 1.20. The summed E-state index contributed by atoms with van der Waals surface area (Å²) in [5, 5.41) is 9.44. The molecule has 6 nitrogen and oxygen atoms in total. The van der Waals surface area contributed by atoms with Crippen molar-refractivity contribution in [2.75, 3.05) is 12.0 Å². The van der Waals surface area contributed by atoms with E-state index in [0.29, 0.717) is 21.4 Å². The quantitative estimate of drug-likeness (QED) is 0.805. The van der Waals surface area contributed by atoms with E-state index in [1.165, 1.54) is 12.5 Å². The zero-order chi connectivity index (χ0) is 12.4. The number of nitrogens with zero attached hydrogens (tertiary/aromatic N) is 4. The summed E-state index contributed by atoms with van der Waals surface area (Å²) in [7, 11) is -1.28. The van der Waals surface area contributed by atoms with Gasteiger partial charge in [0.25, 0.3) is 0 Å². The summed E-state index contributed by atoms with van der Waals surface area (Å²) in [6.07, 6.45) is 2.97. The number of thiazole rings is 1. The second-order valence-corrected chi connectivity index (χ2v) is 5.32. The lowest BCUT2D eigenvalue weighted by atomic mass is 10.3. The van der Waals surface area contributed by atoms with Gasteiger partial charge in [-0.2, -0.15) is 5.26 Å². The van der Waals surface area contributed by atoms with E-state index in [0.717, 1.165) is 11.3 Å². The predicted molar refractivity (Wildman–Crippen MR) is 64.6 cm³/mol. The molecule has 8 heteroatoms. The molecule has 2 rings (SSSR count). The van der Waals surface area contributed by atoms with Crippen LogP contribution in [0.25, 0.3) is 11.4 Å². The van der Waals surface area contributed by atoms with Crippen molar-refractivity contribution in [1.82, 2.24) is 15.0 Å². The Balaban J connectivity index is 2.57. The van der Waals surface area contributed by atoms with Crippen LogP contribution in [0.1, 0.15) is 4.88 Å². The van der Waals surface area contributed by atoms with Crippen LogP contribution in [0.5, 0.6) is 0 Å². The third-order valence-corrected chi connectivity index (χ3v) is 3.38. The first-order valence-corrected chi connectivity index (χ1v) is 6.82. The number of nitriles is 1. The van der Waals surface area contributed by atoms with Gasteiger partial charge < -0.3 is 5.73 Å². The topological polar surface area (TPSA) is 106 Å². The third-order valence-electron chi connectivity index (χ3n) is 1.88. The molecule has 0 aliphatic carbocycles. The summed E-state index contributed by atoms with van der Waals surface area (Å²) in [6.45, 7) is 0. The van der Waals surface area contributed by atoms with E-state index in [-0.39, 0.29) is 5.16 Å². The highest BCUT2D eigenvalue weighted by Crippen LogP contribution is 2.27. The average molecular weight is 265 g/mol. The number of rotatable bonds is 2. The second kappa shape index (κ2) is 4.57. The molecule has 1 unspecified atom stereocenters. The fourth-order valence-corrected chi connectivity index (χ4v) is 2.27. The highest BCUT2D eigenvalue weighted by Gasteiger charge is 2.14. The Kier molecular flexibility index (Phi) is 3.12. The van der Waals surface area contributed by atoms with Crippen molar-refractivity contribution < 1.29 is 4.21 Å². The first kappa shape index (κ1) is 11.6. The van der Waals surface area contributed by atoms with Crippen LogP contribution >= 0.6 is 11.3 Å². The van der Waals surface area contributed by atoms with Gasteiger partial charge in [-0.1, -0.05) is 11.3 Å². The Labute approximate surface area is 104 Å². The van der Waals surface area contributed by atoms with Crippen molar-refractivity contribution in [3.63, 3.8) is 0 Å². The van der Waals surface area contributed by atoms with Crippen LogP contribution in [0.3, 0.4) is 0 Å². The first-order chi connectivity index (χ1) is 8.11. The minimum atomic E-state index is -1.28. The Morgan fingerprint density at radius 2 is 2.29 bits per heavy atom. The summed E-state index contributed by atoms with van der Waals surface area (Å²) in [4.78, 5) is 12.4. The zero-order valence-electron chi connectivity index (χ0n) is 8.75. The number of aromatic nitrogens is 3. The molecule has 0 fully saturated rings. The zero-order valence-corrected chi connectivity index (χ0v) is 10.4. The molecule has 2 N–H and O–H groups in total. The van der Waals surface area contributed by atoms with Crippen LogP contribution in [-0.4, -0.2) is 25.4 Å². The van der Waals surface area contributed by atoms with Gasteiger partial charge in [0, 0.05) is 12.5 Å². The monoisotopic (exact) mass is 265 g/mol. The number of nitrogen functional groups attached to an aromatic ring is 1. The molecule has 0 spiro atoms. The Hall–Kier alpha value is -1.85. The van der Waals surface area contributed by atoms with Gasteiger partial charge >= 0.3 is 0 Å². The lowest BCUT2D eigenvalue weighted by Gasteiger charge is -1.98. The van der Waals surface area contributed by atoms with E-state index in [4.69, 9.17) is 11.0 Å². The molecule has 86 valence electrons. The molecule has 17 heavy (non-hydrogen) atoms. The van der Waals surface area contributed by atoms with Crippen molar-refractivity contribution >= 4 is 27.3 Å². The molecular formula is C9H7N5OS2. The highest BCUT2D eigenvalue weighted by molar-refractivity contribution is 7.84. The van der Waals surface area contributed by atoms with Crippen molar-refractivity contribution in [2.45, 2.75) is 5.16 Å². The molecule has 1 atom stereocenters. The number of hydrogen-bond acceptors (Lipinski definition) is 7. The molecule has 0 amide bonds. The van der Waals surface area contributed by atoms with Crippen LogP contribution in [0.2, 0.25) is 0 Å². The molecule has 2 aromatic heterocycles. The standard InChI is InChI=1S/C9H7N5OS2/c1-17(15)9-12-3-2-5(13-9)7-6(4-10)16-8(11)14-7/h2-3H,1H3,(H2,11,14). The minimum absolute atomic E-state index is 0.206.